The van der Waals surface area contributed by atoms with Gasteiger partial charge >= 0.3 is 0 Å². The molecule has 5 aromatic carbocycles. The van der Waals surface area contributed by atoms with Crippen molar-refractivity contribution in [3.63, 3.8) is 0 Å². The molecule has 1 aromatic heterocycles. The summed E-state index contributed by atoms with van der Waals surface area (Å²) in [6.45, 7) is 0. The molecule has 11 rings (SSSR count). The smallest absolute Gasteiger partial charge is 0.145 e. The van der Waals surface area contributed by atoms with Crippen LogP contribution in [0.3, 0.4) is 0 Å². The van der Waals surface area contributed by atoms with Gasteiger partial charge in [-0.2, -0.15) is 0 Å². The number of hydrogen-bond acceptors (Lipinski definition) is 1. The van der Waals surface area contributed by atoms with Gasteiger partial charge < -0.3 is 0 Å². The predicted molar refractivity (Wildman–Crippen MR) is 167 cm³/mol. The maximum atomic E-state index is 5.27. The van der Waals surface area contributed by atoms with E-state index in [0.717, 1.165) is 46.2 Å². The van der Waals surface area contributed by atoms with Gasteiger partial charge in [0.2, 0.25) is 0 Å². The molecule has 0 atom stereocenters. The zero-order valence-electron chi connectivity index (χ0n) is 23.1. The predicted octanol–water partition coefficient (Wildman–Crippen LogP) is 9.57. The Morgan fingerprint density at radius 3 is 2.02 bits per heavy atom. The molecule has 6 aromatic rings. The van der Waals surface area contributed by atoms with Crippen molar-refractivity contribution in [2.45, 2.75) is 37.5 Å². The first-order valence-electron chi connectivity index (χ1n) is 15.5. The van der Waals surface area contributed by atoms with E-state index in [1.807, 2.05) is 0 Å². The largest absolute Gasteiger partial charge is 0.292 e. The van der Waals surface area contributed by atoms with Crippen molar-refractivity contribution in [1.82, 2.24) is 9.55 Å². The summed E-state index contributed by atoms with van der Waals surface area (Å²) in [5.74, 6) is 4.38. The van der Waals surface area contributed by atoms with Gasteiger partial charge in [0, 0.05) is 16.7 Å². The summed E-state index contributed by atoms with van der Waals surface area (Å²) in [6.07, 6.45) is 7.05. The third kappa shape index (κ3) is 2.90. The van der Waals surface area contributed by atoms with Crippen molar-refractivity contribution < 1.29 is 0 Å². The van der Waals surface area contributed by atoms with Gasteiger partial charge in [-0.15, -0.1) is 0 Å². The summed E-state index contributed by atoms with van der Waals surface area (Å²) in [5, 5.41) is 2.74. The zero-order chi connectivity index (χ0) is 26.7. The Balaban J connectivity index is 1.26. The molecule has 4 bridgehead atoms. The number of hydrogen-bond donors (Lipinski definition) is 0. The highest BCUT2D eigenvalue weighted by atomic mass is 15.1. The third-order valence-corrected chi connectivity index (χ3v) is 11.3. The first-order valence-corrected chi connectivity index (χ1v) is 15.5. The molecule has 5 aliphatic carbocycles. The van der Waals surface area contributed by atoms with Gasteiger partial charge in [-0.3, -0.25) is 4.57 Å². The number of nitrogens with zero attached hydrogens (tertiary/aromatic N) is 2. The summed E-state index contributed by atoms with van der Waals surface area (Å²) in [7, 11) is 0. The lowest BCUT2D eigenvalue weighted by atomic mass is 9.43. The lowest BCUT2D eigenvalue weighted by Gasteiger charge is -2.61. The fourth-order valence-electron chi connectivity index (χ4n) is 10.1. The highest BCUT2D eigenvalue weighted by Crippen LogP contribution is 2.69. The van der Waals surface area contributed by atoms with Crippen LogP contribution in [-0.2, 0) is 5.41 Å². The molecule has 2 heteroatoms. The van der Waals surface area contributed by atoms with E-state index in [0.29, 0.717) is 0 Å². The second-order valence-corrected chi connectivity index (χ2v) is 13.3. The van der Waals surface area contributed by atoms with Crippen LogP contribution in [0.2, 0.25) is 0 Å². The van der Waals surface area contributed by atoms with Crippen LogP contribution in [0.15, 0.2) is 109 Å². The third-order valence-electron chi connectivity index (χ3n) is 11.3. The SMILES string of the molecule is c1ccc(-n2c(-c3ccc4c(c3)C3(c5cc6ccccc6cc5-4)C4CC5CC(C4)CC3C5)nc3ccccc32)cc1. The van der Waals surface area contributed by atoms with E-state index in [-0.39, 0.29) is 5.41 Å². The van der Waals surface area contributed by atoms with Gasteiger partial charge in [0.15, 0.2) is 0 Å². The minimum absolute atomic E-state index is 0.127. The number of fused-ring (bicyclic) bond motifs is 5. The van der Waals surface area contributed by atoms with Crippen LogP contribution in [0.4, 0.5) is 0 Å². The highest BCUT2D eigenvalue weighted by molar-refractivity contribution is 5.95. The summed E-state index contributed by atoms with van der Waals surface area (Å²) < 4.78 is 2.36. The fraction of sp³-hybridized carbons (Fsp3) is 0.256. The maximum Gasteiger partial charge on any atom is 0.145 e. The number of para-hydroxylation sites is 3. The number of imidazole rings is 1. The lowest BCUT2D eigenvalue weighted by Crippen LogP contribution is -2.55. The van der Waals surface area contributed by atoms with Crippen LogP contribution < -0.4 is 0 Å². The van der Waals surface area contributed by atoms with Crippen molar-refractivity contribution in [3.8, 4) is 28.2 Å². The molecule has 4 fully saturated rings. The zero-order valence-corrected chi connectivity index (χ0v) is 23.1. The summed E-state index contributed by atoms with van der Waals surface area (Å²) in [5.41, 5.74) is 10.9. The highest BCUT2D eigenvalue weighted by Gasteiger charge is 2.61. The lowest BCUT2D eigenvalue weighted by molar-refractivity contribution is -0.0398. The fourth-order valence-corrected chi connectivity index (χ4v) is 10.1. The van der Waals surface area contributed by atoms with E-state index in [1.165, 1.54) is 59.6 Å². The molecule has 0 amide bonds. The molecule has 41 heavy (non-hydrogen) atoms. The van der Waals surface area contributed by atoms with E-state index >= 15 is 0 Å². The van der Waals surface area contributed by atoms with Crippen LogP contribution >= 0.6 is 0 Å². The minimum Gasteiger partial charge on any atom is -0.292 e. The number of rotatable bonds is 2. The van der Waals surface area contributed by atoms with Crippen LogP contribution in [0, 0.1) is 23.7 Å². The standard InChI is InChI=1S/C39H32N2/c1-2-10-31(11-3-1)41-37-13-7-6-12-36(37)40-38(41)28-14-15-32-33-21-26-8-4-5-9-27(26)22-35(33)39(34(32)23-28)29-17-24-16-25(19-29)20-30(39)18-24/h1-15,21-25,29-30H,16-20H2. The Morgan fingerprint density at radius 1 is 0.585 bits per heavy atom. The molecular weight excluding hydrogens is 496 g/mol. The second-order valence-electron chi connectivity index (χ2n) is 13.3. The molecule has 4 saturated carbocycles. The van der Waals surface area contributed by atoms with Crippen LogP contribution in [0.5, 0.6) is 0 Å². The molecular formula is C39H32N2. The van der Waals surface area contributed by atoms with Crippen molar-refractivity contribution in [1.29, 1.82) is 0 Å². The van der Waals surface area contributed by atoms with Gasteiger partial charge in [-0.1, -0.05) is 66.7 Å². The molecule has 1 heterocycles. The normalized spacial score (nSPS) is 27.1. The van der Waals surface area contributed by atoms with Crippen molar-refractivity contribution >= 4 is 21.8 Å². The number of aromatic nitrogens is 2. The molecule has 198 valence electrons. The van der Waals surface area contributed by atoms with Crippen LogP contribution in [0.1, 0.15) is 43.2 Å². The Bertz CT molecular complexity index is 1980. The molecule has 1 spiro atoms. The quantitative estimate of drug-likeness (QED) is 0.219. The number of benzene rings is 5. The molecule has 0 saturated heterocycles. The van der Waals surface area contributed by atoms with E-state index in [1.54, 1.807) is 11.1 Å². The van der Waals surface area contributed by atoms with Gasteiger partial charge in [0.1, 0.15) is 5.82 Å². The van der Waals surface area contributed by atoms with Crippen molar-refractivity contribution in [3.05, 3.63) is 120 Å². The Kier molecular flexibility index (Phi) is 4.38. The van der Waals surface area contributed by atoms with E-state index < -0.39 is 0 Å². The van der Waals surface area contributed by atoms with Crippen LogP contribution in [0.25, 0.3) is 50.0 Å². The first-order chi connectivity index (χ1) is 20.3. The van der Waals surface area contributed by atoms with Gasteiger partial charge in [-0.25, -0.2) is 4.98 Å². The molecule has 0 aliphatic heterocycles. The average Bonchev–Trinajstić information content (AvgIpc) is 3.53. The van der Waals surface area contributed by atoms with Gasteiger partial charge in [0.25, 0.3) is 0 Å². The van der Waals surface area contributed by atoms with E-state index in [4.69, 9.17) is 4.98 Å². The summed E-state index contributed by atoms with van der Waals surface area (Å²) in [4.78, 5) is 5.27. The summed E-state index contributed by atoms with van der Waals surface area (Å²) in [6, 6.07) is 40.7. The molecule has 0 unspecified atom stereocenters. The Labute approximate surface area is 240 Å². The van der Waals surface area contributed by atoms with Crippen LogP contribution in [-0.4, -0.2) is 9.55 Å². The average molecular weight is 529 g/mol. The monoisotopic (exact) mass is 528 g/mol. The second kappa shape index (κ2) is 7.97. The Morgan fingerprint density at radius 2 is 1.24 bits per heavy atom. The van der Waals surface area contributed by atoms with Gasteiger partial charge in [-0.05, 0) is 131 Å². The topological polar surface area (TPSA) is 17.8 Å². The van der Waals surface area contributed by atoms with Gasteiger partial charge in [0.05, 0.1) is 11.0 Å². The van der Waals surface area contributed by atoms with Crippen molar-refractivity contribution in [2.24, 2.45) is 23.7 Å². The molecule has 0 N–H and O–H groups in total. The minimum atomic E-state index is 0.127. The molecule has 5 aliphatic rings. The molecule has 2 nitrogen and oxygen atoms in total. The molecule has 0 radical (unpaired) electrons. The van der Waals surface area contributed by atoms with E-state index in [9.17, 15) is 0 Å². The summed E-state index contributed by atoms with van der Waals surface area (Å²) >= 11 is 0. The first kappa shape index (κ1) is 22.5. The maximum absolute atomic E-state index is 5.27. The van der Waals surface area contributed by atoms with E-state index in [2.05, 4.69) is 114 Å². The Hall–Kier alpha value is -4.17. The van der Waals surface area contributed by atoms with Crippen molar-refractivity contribution in [2.75, 3.05) is 0 Å².